The van der Waals surface area contributed by atoms with Gasteiger partial charge in [0.25, 0.3) is 6.43 Å². The Hall–Kier alpha value is -2.16. The molecule has 0 amide bonds. The Kier molecular flexibility index (Phi) is 2.85. The number of carboxylic acid groups (broad SMARTS) is 1. The summed E-state index contributed by atoms with van der Waals surface area (Å²) < 4.78 is 24.8. The molecule has 0 atom stereocenters. The van der Waals surface area contributed by atoms with Crippen LogP contribution in [0.4, 0.5) is 8.78 Å². The Labute approximate surface area is 83.0 Å². The number of hydrogen-bond acceptors (Lipinski definition) is 3. The molecule has 15 heavy (non-hydrogen) atoms. The van der Waals surface area contributed by atoms with Crippen molar-refractivity contribution in [1.29, 1.82) is 5.26 Å². The third-order valence-corrected chi connectivity index (χ3v) is 1.78. The van der Waals surface area contributed by atoms with Crippen LogP contribution in [0, 0.1) is 11.3 Å². The fourth-order valence-corrected chi connectivity index (χ4v) is 1.13. The Morgan fingerprint density at radius 3 is 2.47 bits per heavy atom. The molecule has 0 heterocycles. The number of alkyl halides is 2. The van der Waals surface area contributed by atoms with Crippen molar-refractivity contribution >= 4 is 5.97 Å². The predicted molar refractivity (Wildman–Crippen MR) is 44.7 cm³/mol. The highest BCUT2D eigenvalue weighted by Crippen LogP contribution is 2.32. The van der Waals surface area contributed by atoms with E-state index in [-0.39, 0.29) is 0 Å². The van der Waals surface area contributed by atoms with Gasteiger partial charge in [0.1, 0.15) is 11.8 Å². The largest absolute Gasteiger partial charge is 0.507 e. The van der Waals surface area contributed by atoms with Crippen molar-refractivity contribution < 1.29 is 23.8 Å². The van der Waals surface area contributed by atoms with Crippen LogP contribution in [-0.2, 0) is 0 Å². The van der Waals surface area contributed by atoms with Crippen LogP contribution in [0.15, 0.2) is 12.1 Å². The van der Waals surface area contributed by atoms with E-state index >= 15 is 0 Å². The normalized spacial score (nSPS) is 10.0. The molecule has 4 nitrogen and oxygen atoms in total. The van der Waals surface area contributed by atoms with E-state index in [2.05, 4.69) is 0 Å². The van der Waals surface area contributed by atoms with E-state index in [4.69, 9.17) is 15.5 Å². The summed E-state index contributed by atoms with van der Waals surface area (Å²) in [5, 5.41) is 26.3. The van der Waals surface area contributed by atoms with Crippen LogP contribution < -0.4 is 0 Å². The summed E-state index contributed by atoms with van der Waals surface area (Å²) in [6.45, 7) is 0. The Bertz CT molecular complexity index is 451. The highest BCUT2D eigenvalue weighted by Gasteiger charge is 2.23. The second-order valence-corrected chi connectivity index (χ2v) is 2.64. The van der Waals surface area contributed by atoms with Crippen molar-refractivity contribution in [2.45, 2.75) is 6.43 Å². The van der Waals surface area contributed by atoms with Gasteiger partial charge in [-0.3, -0.25) is 0 Å². The number of phenolic OH excluding ortho intramolecular Hbond substituents is 1. The van der Waals surface area contributed by atoms with Crippen LogP contribution in [0.2, 0.25) is 0 Å². The predicted octanol–water partition coefficient (Wildman–Crippen LogP) is 1.90. The zero-order chi connectivity index (χ0) is 11.6. The molecule has 0 spiro atoms. The zero-order valence-corrected chi connectivity index (χ0v) is 7.24. The van der Waals surface area contributed by atoms with Crippen molar-refractivity contribution in [2.24, 2.45) is 0 Å². The van der Waals surface area contributed by atoms with Crippen LogP contribution in [0.1, 0.15) is 27.9 Å². The molecule has 0 radical (unpaired) electrons. The molecule has 0 aromatic heterocycles. The molecule has 2 N–H and O–H groups in total. The molecule has 0 saturated heterocycles. The van der Waals surface area contributed by atoms with Gasteiger partial charge in [0.05, 0.1) is 16.7 Å². The SMILES string of the molecule is N#Cc1c(C(=O)O)ccc(O)c1C(F)F. The number of nitrogens with zero attached hydrogens (tertiary/aromatic N) is 1. The lowest BCUT2D eigenvalue weighted by Gasteiger charge is -2.07. The van der Waals surface area contributed by atoms with Gasteiger partial charge in [-0.2, -0.15) is 5.26 Å². The fourth-order valence-electron chi connectivity index (χ4n) is 1.13. The number of nitriles is 1. The number of hydrogen-bond donors (Lipinski definition) is 2. The fraction of sp³-hybridized carbons (Fsp3) is 0.111. The molecular weight excluding hydrogens is 208 g/mol. The zero-order valence-electron chi connectivity index (χ0n) is 7.24. The first-order valence-corrected chi connectivity index (χ1v) is 3.76. The minimum Gasteiger partial charge on any atom is -0.507 e. The molecule has 78 valence electrons. The van der Waals surface area contributed by atoms with Gasteiger partial charge >= 0.3 is 5.97 Å². The summed E-state index contributed by atoms with van der Waals surface area (Å²) in [6, 6.07) is 3.08. The number of phenols is 1. The molecule has 0 bridgehead atoms. The topological polar surface area (TPSA) is 81.3 Å². The minimum absolute atomic E-state index is 0.550. The molecule has 0 aliphatic heterocycles. The molecule has 6 heteroatoms. The average molecular weight is 213 g/mol. The number of aromatic carboxylic acids is 1. The van der Waals surface area contributed by atoms with Crippen molar-refractivity contribution in [2.75, 3.05) is 0 Å². The maximum absolute atomic E-state index is 12.4. The van der Waals surface area contributed by atoms with E-state index in [0.717, 1.165) is 12.1 Å². The maximum Gasteiger partial charge on any atom is 0.337 e. The highest BCUT2D eigenvalue weighted by molar-refractivity contribution is 5.91. The summed E-state index contributed by atoms with van der Waals surface area (Å²) >= 11 is 0. The third-order valence-electron chi connectivity index (χ3n) is 1.78. The lowest BCUT2D eigenvalue weighted by Crippen LogP contribution is -2.04. The summed E-state index contributed by atoms with van der Waals surface area (Å²) in [5.74, 6) is -2.28. The monoisotopic (exact) mass is 213 g/mol. The van der Waals surface area contributed by atoms with Crippen LogP contribution in [0.5, 0.6) is 5.75 Å². The van der Waals surface area contributed by atoms with E-state index in [1.165, 1.54) is 6.07 Å². The van der Waals surface area contributed by atoms with Crippen molar-refractivity contribution in [3.8, 4) is 11.8 Å². The first-order chi connectivity index (χ1) is 6.99. The molecule has 0 aliphatic carbocycles. The van der Waals surface area contributed by atoms with Crippen LogP contribution in [-0.4, -0.2) is 16.2 Å². The van der Waals surface area contributed by atoms with Crippen molar-refractivity contribution in [1.82, 2.24) is 0 Å². The summed E-state index contributed by atoms with van der Waals surface area (Å²) in [6.07, 6.45) is -3.10. The van der Waals surface area contributed by atoms with Gasteiger partial charge in [-0.05, 0) is 12.1 Å². The van der Waals surface area contributed by atoms with Gasteiger partial charge < -0.3 is 10.2 Å². The van der Waals surface area contributed by atoms with Crippen molar-refractivity contribution in [3.63, 3.8) is 0 Å². The number of benzene rings is 1. The van der Waals surface area contributed by atoms with E-state index in [1.54, 1.807) is 0 Å². The summed E-state index contributed by atoms with van der Waals surface area (Å²) in [4.78, 5) is 10.6. The lowest BCUT2D eigenvalue weighted by atomic mass is 10.0. The number of halogens is 2. The molecule has 1 aromatic rings. The van der Waals surface area contributed by atoms with Gasteiger partial charge in [0, 0.05) is 0 Å². The molecule has 1 aromatic carbocycles. The first kappa shape index (κ1) is 10.9. The summed E-state index contributed by atoms with van der Waals surface area (Å²) in [5.41, 5.74) is -2.21. The quantitative estimate of drug-likeness (QED) is 0.785. The second-order valence-electron chi connectivity index (χ2n) is 2.64. The van der Waals surface area contributed by atoms with Gasteiger partial charge in [0.15, 0.2) is 0 Å². The standard InChI is InChI=1S/C9H5F2NO3/c10-8(11)7-5(3-12)4(9(14)15)1-2-6(7)13/h1-2,8,13H,(H,14,15). The smallest absolute Gasteiger partial charge is 0.337 e. The van der Waals surface area contributed by atoms with Gasteiger partial charge in [-0.25, -0.2) is 13.6 Å². The van der Waals surface area contributed by atoms with Crippen molar-refractivity contribution in [3.05, 3.63) is 28.8 Å². The maximum atomic E-state index is 12.4. The van der Waals surface area contributed by atoms with Gasteiger partial charge in [0.2, 0.25) is 0 Å². The Morgan fingerprint density at radius 1 is 1.47 bits per heavy atom. The van der Waals surface area contributed by atoms with E-state index in [0.29, 0.717) is 0 Å². The number of aromatic hydroxyl groups is 1. The van der Waals surface area contributed by atoms with Gasteiger partial charge in [-0.1, -0.05) is 0 Å². The lowest BCUT2D eigenvalue weighted by molar-refractivity contribution is 0.0696. The Balaban J connectivity index is 3.56. The summed E-state index contributed by atoms with van der Waals surface area (Å²) in [7, 11) is 0. The second kappa shape index (κ2) is 3.92. The molecule has 0 fully saturated rings. The van der Waals surface area contributed by atoms with Crippen LogP contribution >= 0.6 is 0 Å². The molecule has 0 aliphatic rings. The van der Waals surface area contributed by atoms with E-state index in [9.17, 15) is 13.6 Å². The number of carbonyl (C=O) groups is 1. The minimum atomic E-state index is -3.10. The third kappa shape index (κ3) is 1.86. The highest BCUT2D eigenvalue weighted by atomic mass is 19.3. The first-order valence-electron chi connectivity index (χ1n) is 3.76. The molecular formula is C9H5F2NO3. The molecule has 0 saturated carbocycles. The van der Waals surface area contributed by atoms with E-state index in [1.807, 2.05) is 0 Å². The van der Waals surface area contributed by atoms with Crippen LogP contribution in [0.3, 0.4) is 0 Å². The average Bonchev–Trinajstić information content (AvgIpc) is 2.15. The molecule has 0 unspecified atom stereocenters. The number of carboxylic acids is 1. The van der Waals surface area contributed by atoms with Crippen LogP contribution in [0.25, 0.3) is 0 Å². The molecule has 1 rings (SSSR count). The van der Waals surface area contributed by atoms with Gasteiger partial charge in [-0.15, -0.1) is 0 Å². The Morgan fingerprint density at radius 2 is 2.07 bits per heavy atom. The van der Waals surface area contributed by atoms with E-state index < -0.39 is 34.8 Å². The number of rotatable bonds is 2.